The number of hydrogen-bond donors (Lipinski definition) is 1. The number of nitrogens with one attached hydrogen (secondary N) is 1. The predicted octanol–water partition coefficient (Wildman–Crippen LogP) is 4.20. The van der Waals surface area contributed by atoms with Crippen molar-refractivity contribution >= 4 is 22.7 Å². The van der Waals surface area contributed by atoms with E-state index in [1.807, 2.05) is 12.1 Å². The number of hydrogen-bond acceptors (Lipinski definition) is 4. The van der Waals surface area contributed by atoms with E-state index in [0.717, 1.165) is 17.0 Å². The molecule has 1 N–H and O–H groups in total. The van der Waals surface area contributed by atoms with Gasteiger partial charge in [-0.1, -0.05) is 24.3 Å². The molecule has 3 aromatic rings. The van der Waals surface area contributed by atoms with E-state index in [9.17, 15) is 18.4 Å². The molecule has 0 aliphatic heterocycles. The molecule has 7 heteroatoms. The quantitative estimate of drug-likeness (QED) is 0.529. The molecule has 2 aromatic carbocycles. The minimum Gasteiger partial charge on any atom is -0.451 e. The number of H-pyrrole nitrogens is 1. The molecule has 0 aliphatic rings. The summed E-state index contributed by atoms with van der Waals surface area (Å²) >= 11 is 0. The predicted molar refractivity (Wildman–Crippen MR) is 90.6 cm³/mol. The van der Waals surface area contributed by atoms with Crippen LogP contribution in [-0.4, -0.2) is 29.5 Å². The van der Waals surface area contributed by atoms with Crippen LogP contribution >= 0.6 is 0 Å². The van der Waals surface area contributed by atoms with Gasteiger partial charge in [-0.3, -0.25) is 4.79 Å². The topological polar surface area (TPSA) is 68.4 Å². The van der Waals surface area contributed by atoms with Crippen LogP contribution in [-0.2, 0) is 4.74 Å². The molecule has 1 heterocycles. The average molecular weight is 359 g/mol. The molecular weight excluding hydrogens is 344 g/mol. The van der Waals surface area contributed by atoms with E-state index in [1.165, 1.54) is 25.1 Å². The molecule has 0 saturated carbocycles. The third-order valence-corrected chi connectivity index (χ3v) is 3.80. The second-order valence-electron chi connectivity index (χ2n) is 5.57. The van der Waals surface area contributed by atoms with Gasteiger partial charge in [0.2, 0.25) is 5.78 Å². The van der Waals surface area contributed by atoms with Crippen molar-refractivity contribution < 1.29 is 27.8 Å². The lowest BCUT2D eigenvalue weighted by Gasteiger charge is -2.12. The van der Waals surface area contributed by atoms with Crippen LogP contribution in [0, 0.1) is 0 Å². The Morgan fingerprint density at radius 2 is 1.85 bits per heavy atom. The second-order valence-corrected chi connectivity index (χ2v) is 5.57. The van der Waals surface area contributed by atoms with E-state index in [1.54, 1.807) is 18.3 Å². The van der Waals surface area contributed by atoms with E-state index in [4.69, 9.17) is 4.74 Å². The average Bonchev–Trinajstić information content (AvgIpc) is 3.04. The first kappa shape index (κ1) is 17.6. The molecule has 0 radical (unpaired) electrons. The fraction of sp³-hybridized carbons (Fsp3) is 0.158. The number of halogens is 2. The van der Waals surface area contributed by atoms with Gasteiger partial charge in [-0.15, -0.1) is 0 Å². The number of esters is 1. The van der Waals surface area contributed by atoms with Crippen LogP contribution in [0.1, 0.15) is 27.6 Å². The standard InChI is InChI=1S/C19H15F2NO4/c1-11(17(23)15-10-22-16-8-3-2-7-14(15)16)25-18(24)12-5-4-6-13(9-12)26-19(20)21/h2-11,19,22H,1H3. The van der Waals surface area contributed by atoms with Crippen molar-refractivity contribution in [2.24, 2.45) is 0 Å². The van der Waals surface area contributed by atoms with Crippen LogP contribution in [0.5, 0.6) is 5.75 Å². The second kappa shape index (κ2) is 7.35. The Kier molecular flexibility index (Phi) is 4.97. The van der Waals surface area contributed by atoms with E-state index < -0.39 is 18.7 Å². The molecule has 134 valence electrons. The molecule has 5 nitrogen and oxygen atoms in total. The zero-order valence-electron chi connectivity index (χ0n) is 13.7. The minimum atomic E-state index is -3.00. The molecule has 0 amide bonds. The maximum atomic E-state index is 12.6. The van der Waals surface area contributed by atoms with Gasteiger partial charge in [0.05, 0.1) is 5.56 Å². The lowest BCUT2D eigenvalue weighted by molar-refractivity contribution is -0.0499. The first-order valence-electron chi connectivity index (χ1n) is 7.82. The molecule has 0 bridgehead atoms. The van der Waals surface area contributed by atoms with Gasteiger partial charge < -0.3 is 14.5 Å². The monoisotopic (exact) mass is 359 g/mol. The van der Waals surface area contributed by atoms with Crippen molar-refractivity contribution in [1.29, 1.82) is 0 Å². The van der Waals surface area contributed by atoms with Gasteiger partial charge >= 0.3 is 12.6 Å². The molecule has 0 spiro atoms. The third-order valence-electron chi connectivity index (χ3n) is 3.80. The van der Waals surface area contributed by atoms with E-state index in [-0.39, 0.29) is 17.1 Å². The fourth-order valence-corrected chi connectivity index (χ4v) is 2.58. The SMILES string of the molecule is CC(OC(=O)c1cccc(OC(F)F)c1)C(=O)c1c[nH]c2ccccc12. The third kappa shape index (κ3) is 3.72. The summed E-state index contributed by atoms with van der Waals surface area (Å²) in [6.07, 6.45) is 0.524. The minimum absolute atomic E-state index is 0.0155. The smallest absolute Gasteiger partial charge is 0.387 e. The highest BCUT2D eigenvalue weighted by Crippen LogP contribution is 2.21. The summed E-state index contributed by atoms with van der Waals surface area (Å²) in [4.78, 5) is 27.8. The number of Topliss-reactive ketones (excluding diaryl/α,β-unsaturated/α-hetero) is 1. The number of fused-ring (bicyclic) bond motifs is 1. The van der Waals surface area contributed by atoms with Crippen LogP contribution in [0.4, 0.5) is 8.78 Å². The maximum Gasteiger partial charge on any atom is 0.387 e. The molecule has 1 atom stereocenters. The zero-order valence-corrected chi connectivity index (χ0v) is 13.7. The molecule has 0 aliphatic carbocycles. The van der Waals surface area contributed by atoms with Gasteiger partial charge in [-0.2, -0.15) is 8.78 Å². The number of benzene rings is 2. The molecule has 0 fully saturated rings. The van der Waals surface area contributed by atoms with Crippen molar-refractivity contribution in [2.45, 2.75) is 19.6 Å². The van der Waals surface area contributed by atoms with Gasteiger partial charge in [0, 0.05) is 22.7 Å². The van der Waals surface area contributed by atoms with Crippen LogP contribution in [0.2, 0.25) is 0 Å². The Morgan fingerprint density at radius 3 is 2.62 bits per heavy atom. The molecule has 3 rings (SSSR count). The van der Waals surface area contributed by atoms with Crippen LogP contribution in [0.15, 0.2) is 54.7 Å². The van der Waals surface area contributed by atoms with Crippen molar-refractivity contribution in [3.8, 4) is 5.75 Å². The number of carbonyl (C=O) groups is 2. The number of aromatic nitrogens is 1. The van der Waals surface area contributed by atoms with Gasteiger partial charge in [0.1, 0.15) is 5.75 Å². The molecule has 0 saturated heterocycles. The summed E-state index contributed by atoms with van der Waals surface area (Å²) in [5.41, 5.74) is 1.23. The molecule has 1 unspecified atom stereocenters. The summed E-state index contributed by atoms with van der Waals surface area (Å²) < 4.78 is 34.0. The Bertz CT molecular complexity index is 951. The Balaban J connectivity index is 1.74. The summed E-state index contributed by atoms with van der Waals surface area (Å²) in [6, 6.07) is 12.5. The summed E-state index contributed by atoms with van der Waals surface area (Å²) in [7, 11) is 0. The number of alkyl halides is 2. The van der Waals surface area contributed by atoms with Crippen molar-refractivity contribution in [3.05, 3.63) is 65.9 Å². The normalized spacial score (nSPS) is 12.2. The van der Waals surface area contributed by atoms with Gasteiger partial charge in [-0.25, -0.2) is 4.79 Å². The number of ketones is 1. The first-order chi connectivity index (χ1) is 12.5. The van der Waals surface area contributed by atoms with Crippen LogP contribution < -0.4 is 4.74 Å². The van der Waals surface area contributed by atoms with Gasteiger partial charge in [0.25, 0.3) is 0 Å². The van der Waals surface area contributed by atoms with Gasteiger partial charge in [-0.05, 0) is 31.2 Å². The van der Waals surface area contributed by atoms with Crippen molar-refractivity contribution in [2.75, 3.05) is 0 Å². The number of para-hydroxylation sites is 1. The van der Waals surface area contributed by atoms with Crippen LogP contribution in [0.3, 0.4) is 0 Å². The van der Waals surface area contributed by atoms with E-state index in [2.05, 4.69) is 9.72 Å². The van der Waals surface area contributed by atoms with Crippen LogP contribution in [0.25, 0.3) is 10.9 Å². The Hall–Kier alpha value is -3.22. The highest BCUT2D eigenvalue weighted by atomic mass is 19.3. The zero-order chi connectivity index (χ0) is 18.7. The number of rotatable bonds is 6. The summed E-state index contributed by atoms with van der Waals surface area (Å²) in [6.45, 7) is -1.54. The lowest BCUT2D eigenvalue weighted by atomic mass is 10.1. The molecular formula is C19H15F2NO4. The van der Waals surface area contributed by atoms with Crippen molar-refractivity contribution in [1.82, 2.24) is 4.98 Å². The lowest BCUT2D eigenvalue weighted by Crippen LogP contribution is -2.24. The number of aromatic amines is 1. The number of ether oxygens (including phenoxy) is 2. The summed E-state index contributed by atoms with van der Waals surface area (Å²) in [5, 5.41) is 0.729. The van der Waals surface area contributed by atoms with Gasteiger partial charge in [0.15, 0.2) is 6.10 Å². The Morgan fingerprint density at radius 1 is 1.08 bits per heavy atom. The molecule has 26 heavy (non-hydrogen) atoms. The number of carbonyl (C=O) groups excluding carboxylic acids is 2. The van der Waals surface area contributed by atoms with E-state index in [0.29, 0.717) is 5.56 Å². The Labute approximate surface area is 147 Å². The maximum absolute atomic E-state index is 12.6. The first-order valence-corrected chi connectivity index (χ1v) is 7.82. The highest BCUT2D eigenvalue weighted by Gasteiger charge is 2.23. The summed E-state index contributed by atoms with van der Waals surface area (Å²) in [5.74, 6) is -1.33. The van der Waals surface area contributed by atoms with E-state index >= 15 is 0 Å². The largest absolute Gasteiger partial charge is 0.451 e. The highest BCUT2D eigenvalue weighted by molar-refractivity contribution is 6.10. The van der Waals surface area contributed by atoms with Crippen molar-refractivity contribution in [3.63, 3.8) is 0 Å². The molecule has 1 aromatic heterocycles. The fourth-order valence-electron chi connectivity index (χ4n) is 2.58.